The lowest BCUT2D eigenvalue weighted by Gasteiger charge is -2.41. The quantitative estimate of drug-likeness (QED) is 0.689. The fourth-order valence-electron chi connectivity index (χ4n) is 3.21. The molecule has 1 fully saturated rings. The lowest BCUT2D eigenvalue weighted by Crippen LogP contribution is -2.39. The fourth-order valence-corrected chi connectivity index (χ4v) is 3.78. The van der Waals surface area contributed by atoms with E-state index in [1.807, 2.05) is 0 Å². The Morgan fingerprint density at radius 2 is 1.65 bits per heavy atom. The van der Waals surface area contributed by atoms with Gasteiger partial charge >= 0.3 is 0 Å². The number of hydrogen-bond donors (Lipinski definition) is 1. The van der Waals surface area contributed by atoms with E-state index in [2.05, 4.69) is 26.1 Å². The third-order valence-corrected chi connectivity index (χ3v) is 4.81. The third kappa shape index (κ3) is 3.59. The molecule has 1 aliphatic rings. The first-order valence-electron chi connectivity index (χ1n) is 7.20. The van der Waals surface area contributed by atoms with E-state index in [0.29, 0.717) is 27.7 Å². The summed E-state index contributed by atoms with van der Waals surface area (Å²) in [5.74, 6) is 0.162. The predicted molar refractivity (Wildman–Crippen MR) is 85.2 cm³/mol. The summed E-state index contributed by atoms with van der Waals surface area (Å²) >= 11 is 12.3. The highest BCUT2D eigenvalue weighted by atomic mass is 35.5. The molecule has 0 spiro atoms. The molecule has 4 heteroatoms. The zero-order valence-corrected chi connectivity index (χ0v) is 13.8. The van der Waals surface area contributed by atoms with Crippen molar-refractivity contribution in [2.45, 2.75) is 52.5 Å². The van der Waals surface area contributed by atoms with Crippen LogP contribution in [0.15, 0.2) is 12.1 Å². The lowest BCUT2D eigenvalue weighted by atomic mass is 9.69. The normalized spacial score (nSPS) is 23.7. The average Bonchev–Trinajstić information content (AvgIpc) is 2.33. The van der Waals surface area contributed by atoms with Gasteiger partial charge in [0.15, 0.2) is 0 Å². The molecule has 0 aliphatic heterocycles. The molecule has 1 saturated carbocycles. The summed E-state index contributed by atoms with van der Waals surface area (Å²) < 4.78 is 13.3. The molecule has 20 heavy (non-hydrogen) atoms. The van der Waals surface area contributed by atoms with Crippen LogP contribution in [0, 0.1) is 17.2 Å². The number of rotatable bonds is 2. The van der Waals surface area contributed by atoms with E-state index >= 15 is 0 Å². The number of benzene rings is 1. The van der Waals surface area contributed by atoms with Gasteiger partial charge in [0.1, 0.15) is 5.82 Å². The maximum Gasteiger partial charge on any atom is 0.126 e. The number of halogens is 3. The van der Waals surface area contributed by atoms with Crippen LogP contribution in [0.25, 0.3) is 0 Å². The summed E-state index contributed by atoms with van der Waals surface area (Å²) in [6, 6.07) is 2.96. The van der Waals surface area contributed by atoms with Crippen molar-refractivity contribution in [1.82, 2.24) is 0 Å². The largest absolute Gasteiger partial charge is 0.380 e. The average molecular weight is 318 g/mol. The molecule has 0 radical (unpaired) electrons. The molecule has 1 N–H and O–H groups in total. The number of anilines is 1. The van der Waals surface area contributed by atoms with Gasteiger partial charge in [0.05, 0.1) is 15.7 Å². The van der Waals surface area contributed by atoms with Crippen LogP contribution in [0.4, 0.5) is 10.1 Å². The monoisotopic (exact) mass is 317 g/mol. The van der Waals surface area contributed by atoms with E-state index < -0.39 is 5.82 Å². The molecule has 1 aromatic carbocycles. The Balaban J connectivity index is 2.23. The molecule has 1 aromatic rings. The maximum atomic E-state index is 13.3. The Morgan fingerprint density at radius 1 is 1.10 bits per heavy atom. The highest BCUT2D eigenvalue weighted by Crippen LogP contribution is 2.41. The second-order valence-electron chi connectivity index (χ2n) is 6.75. The van der Waals surface area contributed by atoms with Gasteiger partial charge in [0.25, 0.3) is 0 Å². The van der Waals surface area contributed by atoms with E-state index in [4.69, 9.17) is 23.2 Å². The fraction of sp³-hybridized carbons (Fsp3) is 0.625. The first kappa shape index (κ1) is 15.9. The molecule has 2 atom stereocenters. The molecule has 1 nitrogen and oxygen atoms in total. The van der Waals surface area contributed by atoms with Gasteiger partial charge in [-0.15, -0.1) is 0 Å². The van der Waals surface area contributed by atoms with Gasteiger partial charge < -0.3 is 5.32 Å². The van der Waals surface area contributed by atoms with Gasteiger partial charge in [0.2, 0.25) is 0 Å². The summed E-state index contributed by atoms with van der Waals surface area (Å²) in [5, 5.41) is 4.18. The summed E-state index contributed by atoms with van der Waals surface area (Å²) in [7, 11) is 0. The van der Waals surface area contributed by atoms with Gasteiger partial charge in [-0.1, -0.05) is 56.8 Å². The summed E-state index contributed by atoms with van der Waals surface area (Å²) in [5.41, 5.74) is 0.896. The summed E-state index contributed by atoms with van der Waals surface area (Å²) in [6.45, 7) is 6.81. The molecule has 0 heterocycles. The molecule has 1 aliphatic carbocycles. The molecule has 2 rings (SSSR count). The second-order valence-corrected chi connectivity index (χ2v) is 7.57. The Labute approximate surface area is 130 Å². The van der Waals surface area contributed by atoms with Crippen molar-refractivity contribution in [2.24, 2.45) is 11.3 Å². The summed E-state index contributed by atoms with van der Waals surface area (Å²) in [6.07, 6.45) is 4.79. The molecule has 2 unspecified atom stereocenters. The van der Waals surface area contributed by atoms with Gasteiger partial charge in [-0.3, -0.25) is 0 Å². The Bertz CT molecular complexity index is 459. The molecule has 0 aromatic heterocycles. The number of hydrogen-bond acceptors (Lipinski definition) is 1. The first-order chi connectivity index (χ1) is 9.29. The smallest absolute Gasteiger partial charge is 0.126 e. The van der Waals surface area contributed by atoms with Crippen molar-refractivity contribution in [3.8, 4) is 0 Å². The van der Waals surface area contributed by atoms with E-state index in [-0.39, 0.29) is 5.41 Å². The van der Waals surface area contributed by atoms with Crippen LogP contribution < -0.4 is 5.32 Å². The maximum absolute atomic E-state index is 13.3. The third-order valence-electron chi connectivity index (χ3n) is 4.21. The minimum Gasteiger partial charge on any atom is -0.380 e. The first-order valence-corrected chi connectivity index (χ1v) is 7.95. The van der Waals surface area contributed by atoms with Gasteiger partial charge in [-0.05, 0) is 36.3 Å². The summed E-state index contributed by atoms with van der Waals surface area (Å²) in [4.78, 5) is 0. The van der Waals surface area contributed by atoms with Crippen molar-refractivity contribution >= 4 is 28.9 Å². The van der Waals surface area contributed by atoms with Crippen molar-refractivity contribution in [1.29, 1.82) is 0 Å². The van der Waals surface area contributed by atoms with Crippen LogP contribution in [0.3, 0.4) is 0 Å². The molecule has 112 valence electrons. The van der Waals surface area contributed by atoms with E-state index in [1.54, 1.807) is 0 Å². The SMILES string of the molecule is CC(C)(C)C1CCCCC1Nc1c(Cl)cc(F)cc1Cl. The Hall–Kier alpha value is -0.470. The number of nitrogens with one attached hydrogen (secondary N) is 1. The molecule has 0 saturated heterocycles. The highest BCUT2D eigenvalue weighted by molar-refractivity contribution is 6.39. The molecular formula is C16H22Cl2FN. The van der Waals surface area contributed by atoms with Crippen LogP contribution in [-0.4, -0.2) is 6.04 Å². The second kappa shape index (κ2) is 6.11. The van der Waals surface area contributed by atoms with E-state index in [1.165, 1.54) is 31.4 Å². The van der Waals surface area contributed by atoms with Gasteiger partial charge in [-0.2, -0.15) is 0 Å². The van der Waals surface area contributed by atoms with Crippen LogP contribution in [0.1, 0.15) is 46.5 Å². The van der Waals surface area contributed by atoms with Gasteiger partial charge in [0, 0.05) is 6.04 Å². The molecular weight excluding hydrogens is 296 g/mol. The molecule has 0 bridgehead atoms. The van der Waals surface area contributed by atoms with Crippen molar-refractivity contribution in [2.75, 3.05) is 5.32 Å². The molecule has 0 amide bonds. The van der Waals surface area contributed by atoms with Crippen LogP contribution in [-0.2, 0) is 0 Å². The predicted octanol–water partition coefficient (Wildman–Crippen LogP) is 6.15. The topological polar surface area (TPSA) is 12.0 Å². The van der Waals surface area contributed by atoms with E-state index in [9.17, 15) is 4.39 Å². The van der Waals surface area contributed by atoms with Crippen LogP contribution >= 0.6 is 23.2 Å². The van der Waals surface area contributed by atoms with Crippen molar-refractivity contribution < 1.29 is 4.39 Å². The minimum absolute atomic E-state index is 0.233. The Kier molecular flexibility index (Phi) is 4.86. The standard InChI is InChI=1S/C16H22Cl2FN/c1-16(2,3)11-6-4-5-7-14(11)20-15-12(17)8-10(19)9-13(15)18/h8-9,11,14,20H,4-7H2,1-3H3. The zero-order valence-electron chi connectivity index (χ0n) is 12.3. The Morgan fingerprint density at radius 3 is 2.20 bits per heavy atom. The van der Waals surface area contributed by atoms with Crippen LogP contribution in [0.2, 0.25) is 10.0 Å². The van der Waals surface area contributed by atoms with Crippen molar-refractivity contribution in [3.63, 3.8) is 0 Å². The highest BCUT2D eigenvalue weighted by Gasteiger charge is 2.34. The van der Waals surface area contributed by atoms with Gasteiger partial charge in [-0.25, -0.2) is 4.39 Å². The van der Waals surface area contributed by atoms with Crippen LogP contribution in [0.5, 0.6) is 0 Å². The van der Waals surface area contributed by atoms with Crippen molar-refractivity contribution in [3.05, 3.63) is 28.0 Å². The zero-order chi connectivity index (χ0) is 14.9. The minimum atomic E-state index is -0.401. The van der Waals surface area contributed by atoms with E-state index in [0.717, 1.165) is 6.42 Å². The lowest BCUT2D eigenvalue weighted by molar-refractivity contribution is 0.163.